The first-order valence-electron chi connectivity index (χ1n) is 8.24. The van der Waals surface area contributed by atoms with E-state index in [1.807, 2.05) is 24.5 Å². The van der Waals surface area contributed by atoms with Crippen LogP contribution in [0, 0.1) is 0 Å². The first kappa shape index (κ1) is 13.8. The molecule has 2 atom stereocenters. The van der Waals surface area contributed by atoms with Gasteiger partial charge in [-0.25, -0.2) is 4.98 Å². The summed E-state index contributed by atoms with van der Waals surface area (Å²) >= 11 is 0. The Bertz CT molecular complexity index is 666. The number of nitrogens with zero attached hydrogens (tertiary/aromatic N) is 3. The summed E-state index contributed by atoms with van der Waals surface area (Å²) in [4.78, 5) is 19.3. The lowest BCUT2D eigenvalue weighted by molar-refractivity contribution is -0.134. The van der Waals surface area contributed by atoms with E-state index in [1.165, 1.54) is 6.42 Å². The highest BCUT2D eigenvalue weighted by molar-refractivity contribution is 5.78. The van der Waals surface area contributed by atoms with Gasteiger partial charge in [0, 0.05) is 31.6 Å². The van der Waals surface area contributed by atoms with Gasteiger partial charge in [-0.1, -0.05) is 12.1 Å². The molecule has 5 nitrogen and oxygen atoms in total. The normalized spacial score (nSPS) is 24.6. The van der Waals surface area contributed by atoms with E-state index in [1.54, 1.807) is 0 Å². The molecular weight excluding hydrogens is 276 g/mol. The van der Waals surface area contributed by atoms with Gasteiger partial charge in [-0.05, 0) is 37.9 Å². The number of nitrogens with one attached hydrogen (secondary N) is 1. The molecule has 0 radical (unpaired) electrons. The first-order valence-corrected chi connectivity index (χ1v) is 8.24. The van der Waals surface area contributed by atoms with Gasteiger partial charge in [-0.2, -0.15) is 0 Å². The number of aryl methyl sites for hydroxylation is 1. The Balaban J connectivity index is 1.46. The summed E-state index contributed by atoms with van der Waals surface area (Å²) < 4.78 is 2.09. The average molecular weight is 298 g/mol. The Kier molecular flexibility index (Phi) is 3.58. The van der Waals surface area contributed by atoms with Crippen molar-refractivity contribution in [2.24, 2.45) is 0 Å². The van der Waals surface area contributed by atoms with Crippen molar-refractivity contribution in [2.45, 2.75) is 44.3 Å². The predicted octanol–water partition coefficient (Wildman–Crippen LogP) is 1.78. The molecule has 4 rings (SSSR count). The largest absolute Gasteiger partial charge is 0.335 e. The number of carbonyl (C=O) groups excluding carboxylic acids is 1. The van der Waals surface area contributed by atoms with Crippen molar-refractivity contribution in [2.75, 3.05) is 13.1 Å². The van der Waals surface area contributed by atoms with E-state index < -0.39 is 0 Å². The molecule has 2 fully saturated rings. The van der Waals surface area contributed by atoms with Crippen molar-refractivity contribution in [1.29, 1.82) is 0 Å². The van der Waals surface area contributed by atoms with Crippen LogP contribution in [-0.2, 0) is 11.3 Å². The van der Waals surface area contributed by atoms with Crippen LogP contribution in [0.5, 0.6) is 0 Å². The number of rotatable bonds is 3. The van der Waals surface area contributed by atoms with Crippen molar-refractivity contribution in [3.63, 3.8) is 0 Å². The number of para-hydroxylation sites is 2. The number of fused-ring (bicyclic) bond motifs is 3. The maximum Gasteiger partial charge on any atom is 0.224 e. The molecule has 0 aliphatic carbocycles. The molecule has 2 bridgehead atoms. The van der Waals surface area contributed by atoms with Crippen LogP contribution in [-0.4, -0.2) is 45.5 Å². The van der Waals surface area contributed by atoms with Gasteiger partial charge >= 0.3 is 0 Å². The minimum atomic E-state index is 0.300. The molecule has 5 heteroatoms. The highest BCUT2D eigenvalue weighted by Crippen LogP contribution is 2.28. The van der Waals surface area contributed by atoms with Crippen molar-refractivity contribution >= 4 is 16.9 Å². The number of hydrogen-bond acceptors (Lipinski definition) is 3. The van der Waals surface area contributed by atoms with E-state index in [9.17, 15) is 4.79 Å². The summed E-state index contributed by atoms with van der Waals surface area (Å²) in [6, 6.07) is 8.93. The van der Waals surface area contributed by atoms with E-state index in [-0.39, 0.29) is 0 Å². The summed E-state index contributed by atoms with van der Waals surface area (Å²) in [6.07, 6.45) is 5.82. The van der Waals surface area contributed by atoms with Crippen molar-refractivity contribution in [1.82, 2.24) is 19.8 Å². The van der Waals surface area contributed by atoms with Gasteiger partial charge in [0.1, 0.15) is 0 Å². The maximum absolute atomic E-state index is 12.7. The molecule has 2 unspecified atom stereocenters. The van der Waals surface area contributed by atoms with Crippen LogP contribution in [0.1, 0.15) is 25.7 Å². The van der Waals surface area contributed by atoms with Gasteiger partial charge in [-0.15, -0.1) is 0 Å². The third-order valence-electron chi connectivity index (χ3n) is 5.04. The molecule has 2 aromatic rings. The number of aromatic nitrogens is 2. The van der Waals surface area contributed by atoms with Crippen LogP contribution in [0.25, 0.3) is 11.0 Å². The molecule has 0 spiro atoms. The van der Waals surface area contributed by atoms with Gasteiger partial charge in [0.25, 0.3) is 0 Å². The zero-order chi connectivity index (χ0) is 14.9. The molecule has 1 N–H and O–H groups in total. The quantitative estimate of drug-likeness (QED) is 0.940. The summed E-state index contributed by atoms with van der Waals surface area (Å²) in [5.74, 6) is 0.300. The lowest BCUT2D eigenvalue weighted by atomic mass is 10.1. The molecule has 2 aliphatic rings. The summed E-state index contributed by atoms with van der Waals surface area (Å²) in [7, 11) is 0. The molecule has 2 aliphatic heterocycles. The fourth-order valence-electron chi connectivity index (χ4n) is 3.92. The number of imidazole rings is 1. The van der Waals surface area contributed by atoms with Gasteiger partial charge < -0.3 is 14.8 Å². The van der Waals surface area contributed by atoms with Gasteiger partial charge in [0.2, 0.25) is 5.91 Å². The molecule has 1 amide bonds. The number of hydrogen-bond donors (Lipinski definition) is 1. The topological polar surface area (TPSA) is 50.2 Å². The van der Waals surface area contributed by atoms with Crippen molar-refractivity contribution in [3.8, 4) is 0 Å². The highest BCUT2D eigenvalue weighted by Gasteiger charge is 2.37. The first-order chi connectivity index (χ1) is 10.8. The minimum Gasteiger partial charge on any atom is -0.335 e. The minimum absolute atomic E-state index is 0.300. The van der Waals surface area contributed by atoms with Crippen LogP contribution in [0.4, 0.5) is 0 Å². The van der Waals surface area contributed by atoms with Crippen LogP contribution in [0.2, 0.25) is 0 Å². The third-order valence-corrected chi connectivity index (χ3v) is 5.04. The predicted molar refractivity (Wildman–Crippen MR) is 85.5 cm³/mol. The highest BCUT2D eigenvalue weighted by atomic mass is 16.2. The summed E-state index contributed by atoms with van der Waals surface area (Å²) in [5, 5.41) is 3.45. The molecule has 22 heavy (non-hydrogen) atoms. The Morgan fingerprint density at radius 3 is 3.05 bits per heavy atom. The van der Waals surface area contributed by atoms with Crippen LogP contribution in [0.15, 0.2) is 30.6 Å². The van der Waals surface area contributed by atoms with Gasteiger partial charge in [-0.3, -0.25) is 4.79 Å². The lowest BCUT2D eigenvalue weighted by Crippen LogP contribution is -2.42. The Morgan fingerprint density at radius 1 is 1.23 bits per heavy atom. The smallest absolute Gasteiger partial charge is 0.224 e. The lowest BCUT2D eigenvalue weighted by Gasteiger charge is -2.28. The second kappa shape index (κ2) is 5.72. The average Bonchev–Trinajstić information content (AvgIpc) is 3.05. The van der Waals surface area contributed by atoms with E-state index in [2.05, 4.69) is 25.8 Å². The van der Waals surface area contributed by atoms with Crippen molar-refractivity contribution in [3.05, 3.63) is 30.6 Å². The Hall–Kier alpha value is -1.88. The number of benzene rings is 1. The van der Waals surface area contributed by atoms with Crippen molar-refractivity contribution < 1.29 is 4.79 Å². The number of carbonyl (C=O) groups is 1. The summed E-state index contributed by atoms with van der Waals surface area (Å²) in [6.45, 7) is 2.70. The van der Waals surface area contributed by atoms with Crippen LogP contribution >= 0.6 is 0 Å². The standard InChI is InChI=1S/C17H22N4O/c22-17(21-13-5-6-14(21)11-18-9-7-13)8-10-20-12-19-15-3-1-2-4-16(15)20/h1-4,12-14,18H,5-11H2. The summed E-state index contributed by atoms with van der Waals surface area (Å²) in [5.41, 5.74) is 2.10. The van der Waals surface area contributed by atoms with E-state index >= 15 is 0 Å². The molecule has 2 saturated heterocycles. The molecule has 0 saturated carbocycles. The monoisotopic (exact) mass is 298 g/mol. The number of amides is 1. The van der Waals surface area contributed by atoms with E-state index in [0.717, 1.165) is 37.0 Å². The van der Waals surface area contributed by atoms with E-state index in [0.29, 0.717) is 31.0 Å². The second-order valence-corrected chi connectivity index (χ2v) is 6.36. The fourth-order valence-corrected chi connectivity index (χ4v) is 3.92. The third kappa shape index (κ3) is 2.39. The Labute approximate surface area is 130 Å². The van der Waals surface area contributed by atoms with Crippen LogP contribution < -0.4 is 5.32 Å². The SMILES string of the molecule is O=C(CCn1cnc2ccccc21)N1C2CCNCC1CC2. The maximum atomic E-state index is 12.7. The van der Waals surface area contributed by atoms with E-state index in [4.69, 9.17) is 0 Å². The van der Waals surface area contributed by atoms with Crippen LogP contribution in [0.3, 0.4) is 0 Å². The zero-order valence-corrected chi connectivity index (χ0v) is 12.7. The molecule has 116 valence electrons. The molecule has 1 aromatic carbocycles. The zero-order valence-electron chi connectivity index (χ0n) is 12.7. The Morgan fingerprint density at radius 2 is 2.09 bits per heavy atom. The fraction of sp³-hybridized carbons (Fsp3) is 0.529. The molecular formula is C17H22N4O. The van der Waals surface area contributed by atoms with Gasteiger partial charge in [0.05, 0.1) is 17.4 Å². The van der Waals surface area contributed by atoms with Gasteiger partial charge in [0.15, 0.2) is 0 Å². The molecule has 3 heterocycles. The second-order valence-electron chi connectivity index (χ2n) is 6.36. The molecule has 1 aromatic heterocycles.